The van der Waals surface area contributed by atoms with Crippen molar-refractivity contribution in [3.63, 3.8) is 0 Å². The Morgan fingerprint density at radius 2 is 1.75 bits per heavy atom. The normalized spacial score (nSPS) is 21.2. The minimum Gasteiger partial charge on any atom is -0.461 e. The summed E-state index contributed by atoms with van der Waals surface area (Å²) in [6, 6.07) is 8.48. The number of hydrogen-bond acceptors (Lipinski definition) is 2. The monoisotopic (exact) mass is 328 g/mol. The van der Waals surface area contributed by atoms with Gasteiger partial charge in [-0.25, -0.2) is 0 Å². The molecule has 132 valence electrons. The summed E-state index contributed by atoms with van der Waals surface area (Å²) in [5.74, 6) is 0.256. The quantitative estimate of drug-likeness (QED) is 0.347. The molecule has 1 aliphatic carbocycles. The Balaban J connectivity index is 1.83. The first-order valence-corrected chi connectivity index (χ1v) is 9.25. The molecule has 1 fully saturated rings. The van der Waals surface area contributed by atoms with Gasteiger partial charge in [0.2, 0.25) is 0 Å². The molecule has 1 aliphatic rings. The van der Waals surface area contributed by atoms with Crippen molar-refractivity contribution < 1.29 is 9.53 Å². The summed E-state index contributed by atoms with van der Waals surface area (Å²) in [5.41, 5.74) is 3.73. The lowest BCUT2D eigenvalue weighted by atomic mass is 10.1. The summed E-state index contributed by atoms with van der Waals surface area (Å²) in [5, 5.41) is 0. The molecular weight excluding hydrogens is 296 g/mol. The van der Waals surface area contributed by atoms with E-state index in [1.54, 1.807) is 0 Å². The number of ether oxygens (including phenoxy) is 1. The van der Waals surface area contributed by atoms with E-state index in [1.165, 1.54) is 30.4 Å². The second kappa shape index (κ2) is 8.00. The Hall–Kier alpha value is -1.57. The highest BCUT2D eigenvalue weighted by Gasteiger charge is 2.61. The lowest BCUT2D eigenvalue weighted by Crippen LogP contribution is -2.10. The molecule has 0 aliphatic heterocycles. The molecule has 0 heterocycles. The Morgan fingerprint density at radius 1 is 1.12 bits per heavy atom. The summed E-state index contributed by atoms with van der Waals surface area (Å²) in [6.45, 7) is 11.1. The number of rotatable bonds is 8. The molecule has 1 aromatic rings. The van der Waals surface area contributed by atoms with Crippen LogP contribution in [0.25, 0.3) is 0 Å². The van der Waals surface area contributed by atoms with Crippen LogP contribution in [0.5, 0.6) is 0 Å². The molecule has 2 atom stereocenters. The van der Waals surface area contributed by atoms with Crippen LogP contribution in [0.3, 0.4) is 0 Å². The fraction of sp³-hybridized carbons (Fsp3) is 0.591. The van der Waals surface area contributed by atoms with Gasteiger partial charge in [0.05, 0.1) is 5.92 Å². The van der Waals surface area contributed by atoms with Gasteiger partial charge >= 0.3 is 5.97 Å². The first kappa shape index (κ1) is 18.8. The highest BCUT2D eigenvalue weighted by Crippen LogP contribution is 2.59. The van der Waals surface area contributed by atoms with Crippen LogP contribution in [-0.4, -0.2) is 5.97 Å². The maximum Gasteiger partial charge on any atom is 0.310 e. The SMILES string of the molecule is CCCCCc1ccc(COC(=O)[C@@H]2[C@@H](C=C(C)C)C2(C)C)cc1. The van der Waals surface area contributed by atoms with E-state index in [1.807, 2.05) is 0 Å². The molecule has 0 amide bonds. The van der Waals surface area contributed by atoms with Gasteiger partial charge in [0.1, 0.15) is 6.61 Å². The number of unbranched alkanes of at least 4 members (excludes halogenated alkanes) is 2. The average molecular weight is 328 g/mol. The van der Waals surface area contributed by atoms with Crippen LogP contribution in [0.4, 0.5) is 0 Å². The van der Waals surface area contributed by atoms with Gasteiger partial charge in [0, 0.05) is 0 Å². The zero-order valence-corrected chi connectivity index (χ0v) is 15.9. The molecule has 24 heavy (non-hydrogen) atoms. The molecule has 0 spiro atoms. The maximum absolute atomic E-state index is 12.4. The Bertz CT molecular complexity index is 576. The van der Waals surface area contributed by atoms with Crippen LogP contribution >= 0.6 is 0 Å². The van der Waals surface area contributed by atoms with Crippen LogP contribution in [0.2, 0.25) is 0 Å². The maximum atomic E-state index is 12.4. The van der Waals surface area contributed by atoms with Gasteiger partial charge in [-0.05, 0) is 49.1 Å². The number of allylic oxidation sites excluding steroid dienone is 2. The van der Waals surface area contributed by atoms with Gasteiger partial charge in [-0.2, -0.15) is 0 Å². The topological polar surface area (TPSA) is 26.3 Å². The lowest BCUT2D eigenvalue weighted by Gasteiger charge is -2.07. The Labute approximate surface area is 147 Å². The van der Waals surface area contributed by atoms with E-state index in [0.29, 0.717) is 12.5 Å². The van der Waals surface area contributed by atoms with Gasteiger partial charge in [0.15, 0.2) is 0 Å². The van der Waals surface area contributed by atoms with Crippen LogP contribution in [-0.2, 0) is 22.6 Å². The van der Waals surface area contributed by atoms with Gasteiger partial charge in [-0.3, -0.25) is 4.79 Å². The predicted molar refractivity (Wildman–Crippen MR) is 99.7 cm³/mol. The van der Waals surface area contributed by atoms with Gasteiger partial charge in [-0.15, -0.1) is 0 Å². The minimum atomic E-state index is -0.0606. The van der Waals surface area contributed by atoms with Crippen LogP contribution < -0.4 is 0 Å². The Kier molecular flexibility index (Phi) is 6.26. The highest BCUT2D eigenvalue weighted by atomic mass is 16.5. The average Bonchev–Trinajstić information content (AvgIpc) is 3.06. The van der Waals surface area contributed by atoms with E-state index in [2.05, 4.69) is 65.0 Å². The number of aryl methyl sites for hydroxylation is 1. The highest BCUT2D eigenvalue weighted by molar-refractivity contribution is 5.78. The fourth-order valence-electron chi connectivity index (χ4n) is 3.42. The van der Waals surface area contributed by atoms with Crippen molar-refractivity contribution in [3.8, 4) is 0 Å². The summed E-state index contributed by atoms with van der Waals surface area (Å²) in [7, 11) is 0. The molecule has 0 aromatic heterocycles. The third-order valence-electron chi connectivity index (χ3n) is 5.15. The largest absolute Gasteiger partial charge is 0.461 e. The van der Waals surface area contributed by atoms with E-state index < -0.39 is 0 Å². The van der Waals surface area contributed by atoms with Gasteiger partial charge < -0.3 is 4.74 Å². The van der Waals surface area contributed by atoms with Crippen LogP contribution in [0.1, 0.15) is 65.0 Å². The van der Waals surface area contributed by atoms with Crippen LogP contribution in [0.15, 0.2) is 35.9 Å². The van der Waals surface area contributed by atoms with E-state index in [4.69, 9.17) is 4.74 Å². The van der Waals surface area contributed by atoms with Crippen molar-refractivity contribution >= 4 is 5.97 Å². The van der Waals surface area contributed by atoms with Crippen molar-refractivity contribution in [2.45, 2.75) is 66.9 Å². The van der Waals surface area contributed by atoms with Crippen molar-refractivity contribution in [1.82, 2.24) is 0 Å². The molecule has 0 radical (unpaired) electrons. The van der Waals surface area contributed by atoms with Gasteiger partial charge in [0.25, 0.3) is 0 Å². The molecule has 2 nitrogen and oxygen atoms in total. The van der Waals surface area contributed by atoms with Crippen molar-refractivity contribution in [1.29, 1.82) is 0 Å². The summed E-state index contributed by atoms with van der Waals surface area (Å²) >= 11 is 0. The van der Waals surface area contributed by atoms with E-state index in [0.717, 1.165) is 12.0 Å². The van der Waals surface area contributed by atoms with Gasteiger partial charge in [-0.1, -0.05) is 69.5 Å². The lowest BCUT2D eigenvalue weighted by molar-refractivity contribution is -0.147. The molecule has 0 bridgehead atoms. The number of carbonyl (C=O) groups is 1. The number of hydrogen-bond donors (Lipinski definition) is 0. The molecule has 1 saturated carbocycles. The second-order valence-electron chi connectivity index (χ2n) is 7.95. The number of benzene rings is 1. The van der Waals surface area contributed by atoms with Crippen molar-refractivity contribution in [2.24, 2.45) is 17.3 Å². The molecule has 0 N–H and O–H groups in total. The summed E-state index contributed by atoms with van der Waals surface area (Å²) in [6.07, 6.45) is 7.11. The molecule has 0 saturated heterocycles. The molecule has 2 rings (SSSR count). The van der Waals surface area contributed by atoms with E-state index >= 15 is 0 Å². The summed E-state index contributed by atoms with van der Waals surface area (Å²) in [4.78, 5) is 12.4. The smallest absolute Gasteiger partial charge is 0.310 e. The molecule has 1 aromatic carbocycles. The number of carbonyl (C=O) groups excluding carboxylic acids is 1. The first-order chi connectivity index (χ1) is 11.4. The Morgan fingerprint density at radius 3 is 2.33 bits per heavy atom. The zero-order chi connectivity index (χ0) is 17.7. The molecular formula is C22H32O2. The molecule has 0 unspecified atom stereocenters. The van der Waals surface area contributed by atoms with E-state index in [9.17, 15) is 4.79 Å². The first-order valence-electron chi connectivity index (χ1n) is 9.25. The minimum absolute atomic E-state index is 0.000664. The molecule has 2 heteroatoms. The van der Waals surface area contributed by atoms with Crippen molar-refractivity contribution in [3.05, 3.63) is 47.0 Å². The summed E-state index contributed by atoms with van der Waals surface area (Å²) < 4.78 is 5.57. The second-order valence-corrected chi connectivity index (χ2v) is 7.95. The third-order valence-corrected chi connectivity index (χ3v) is 5.15. The zero-order valence-electron chi connectivity index (χ0n) is 15.9. The number of esters is 1. The fourth-order valence-corrected chi connectivity index (χ4v) is 3.42. The van der Waals surface area contributed by atoms with Crippen LogP contribution in [0, 0.1) is 17.3 Å². The van der Waals surface area contributed by atoms with Crippen molar-refractivity contribution in [2.75, 3.05) is 0 Å². The van der Waals surface area contributed by atoms with E-state index in [-0.39, 0.29) is 17.3 Å². The third kappa shape index (κ3) is 4.72. The standard InChI is InChI=1S/C22H32O2/c1-6-7-8-9-17-10-12-18(13-11-17)15-24-21(23)20-19(14-16(2)3)22(20,4)5/h10-14,19-20H,6-9,15H2,1-5H3/t19-,20+/m1/s1. The predicted octanol–water partition coefficient (Wildman–Crippen LogP) is 5.70.